The fourth-order valence-electron chi connectivity index (χ4n) is 11.2. The SMILES string of the molecule is c1ccc(-c2ccc(-c3ccc(-c4nc(-c5ccccc5)nc(-c5ccc(-c6ccc7c(c6)-n6c8ccccc8c8cccc(c86)C76c7ccccc7-c7ccccc76)cc5)n4)cc3)cc2)cc1. The van der Waals surface area contributed by atoms with Crippen molar-refractivity contribution < 1.29 is 0 Å². The first-order valence-electron chi connectivity index (χ1n) is 23.3. The van der Waals surface area contributed by atoms with Crippen LogP contribution in [0.5, 0.6) is 0 Å². The maximum Gasteiger partial charge on any atom is 0.164 e. The standard InChI is InChI=1S/C64H40N4/c1-3-14-41(15-4-1)42-26-28-43(29-27-42)44-30-34-47(35-31-44)62-65-61(46-16-5-2-6-17-46)66-63(67-62)48-36-32-45(33-37-48)49-38-39-56-59(40-49)68-58-25-12-9-20-52(58)53-21-13-24-57(60(53)68)64(56)54-22-10-7-18-50(54)51-19-8-11-23-55(51)64/h1-40H. The van der Waals surface area contributed by atoms with Gasteiger partial charge in [0.25, 0.3) is 0 Å². The van der Waals surface area contributed by atoms with Crippen LogP contribution in [0.25, 0.3) is 106 Å². The third kappa shape index (κ3) is 5.71. The summed E-state index contributed by atoms with van der Waals surface area (Å²) in [5.41, 5.74) is 20.8. The molecular weight excluding hydrogens is 825 g/mol. The van der Waals surface area contributed by atoms with Crippen molar-refractivity contribution in [3.8, 4) is 84.4 Å². The Labute approximate surface area is 394 Å². The van der Waals surface area contributed by atoms with Crippen molar-refractivity contribution in [1.82, 2.24) is 19.5 Å². The molecule has 0 amide bonds. The second kappa shape index (κ2) is 15.0. The summed E-state index contributed by atoms with van der Waals surface area (Å²) < 4.78 is 2.52. The highest BCUT2D eigenvalue weighted by Gasteiger charge is 2.50. The first kappa shape index (κ1) is 38.3. The number of hydrogen-bond donors (Lipinski definition) is 0. The van der Waals surface area contributed by atoms with E-state index < -0.39 is 5.41 Å². The number of nitrogens with zero attached hydrogens (tertiary/aromatic N) is 4. The lowest BCUT2D eigenvalue weighted by atomic mass is 9.65. The van der Waals surface area contributed by atoms with E-state index in [1.165, 1.54) is 72.0 Å². The molecule has 0 saturated carbocycles. The molecular formula is C64H40N4. The van der Waals surface area contributed by atoms with E-state index in [2.05, 4.69) is 223 Å². The second-order valence-corrected chi connectivity index (χ2v) is 17.9. The Kier molecular flexibility index (Phi) is 8.46. The molecule has 0 atom stereocenters. The van der Waals surface area contributed by atoms with E-state index in [1.807, 2.05) is 24.3 Å². The number of hydrogen-bond acceptors (Lipinski definition) is 3. The molecule has 0 bridgehead atoms. The molecule has 14 rings (SSSR count). The van der Waals surface area contributed by atoms with Crippen molar-refractivity contribution in [2.75, 3.05) is 0 Å². The summed E-state index contributed by atoms with van der Waals surface area (Å²) in [6.07, 6.45) is 0. The zero-order valence-corrected chi connectivity index (χ0v) is 36.9. The number of benzene rings is 10. The summed E-state index contributed by atoms with van der Waals surface area (Å²) in [4.78, 5) is 15.2. The Morgan fingerprint density at radius 1 is 0.279 bits per heavy atom. The number of aromatic nitrogens is 4. The van der Waals surface area contributed by atoms with Gasteiger partial charge in [0, 0.05) is 27.5 Å². The summed E-state index contributed by atoms with van der Waals surface area (Å²) >= 11 is 0. The van der Waals surface area contributed by atoms with Crippen molar-refractivity contribution in [3.63, 3.8) is 0 Å². The van der Waals surface area contributed by atoms with E-state index >= 15 is 0 Å². The van der Waals surface area contributed by atoms with E-state index in [0.717, 1.165) is 38.9 Å². The van der Waals surface area contributed by atoms with Crippen LogP contribution in [-0.2, 0) is 5.41 Å². The quantitative estimate of drug-likeness (QED) is 0.167. The molecule has 1 aliphatic carbocycles. The van der Waals surface area contributed by atoms with Gasteiger partial charge in [0.15, 0.2) is 17.5 Å². The van der Waals surface area contributed by atoms with Crippen LogP contribution < -0.4 is 0 Å². The first-order valence-corrected chi connectivity index (χ1v) is 23.3. The maximum absolute atomic E-state index is 5.13. The molecule has 0 N–H and O–H groups in total. The molecule has 4 heteroatoms. The Balaban J connectivity index is 0.867. The zero-order chi connectivity index (χ0) is 44.8. The number of para-hydroxylation sites is 2. The minimum Gasteiger partial charge on any atom is -0.309 e. The predicted octanol–water partition coefficient (Wildman–Crippen LogP) is 15.6. The van der Waals surface area contributed by atoms with Crippen molar-refractivity contribution in [2.24, 2.45) is 0 Å². The minimum atomic E-state index is -0.476. The van der Waals surface area contributed by atoms with Gasteiger partial charge in [-0.25, -0.2) is 15.0 Å². The van der Waals surface area contributed by atoms with Gasteiger partial charge < -0.3 is 4.57 Å². The van der Waals surface area contributed by atoms with E-state index in [1.54, 1.807) is 0 Å². The molecule has 10 aromatic carbocycles. The van der Waals surface area contributed by atoms with Gasteiger partial charge in [0.05, 0.1) is 22.1 Å². The highest BCUT2D eigenvalue weighted by molar-refractivity contribution is 6.13. The zero-order valence-electron chi connectivity index (χ0n) is 36.9. The molecule has 2 aromatic heterocycles. The van der Waals surface area contributed by atoms with Gasteiger partial charge in [0.2, 0.25) is 0 Å². The maximum atomic E-state index is 5.13. The smallest absolute Gasteiger partial charge is 0.164 e. The van der Waals surface area contributed by atoms with Crippen molar-refractivity contribution in [1.29, 1.82) is 0 Å². The molecule has 0 saturated heterocycles. The lowest BCUT2D eigenvalue weighted by Crippen LogP contribution is -2.33. The monoisotopic (exact) mass is 864 g/mol. The lowest BCUT2D eigenvalue weighted by molar-refractivity contribution is 0.748. The number of rotatable bonds is 6. The molecule has 0 radical (unpaired) electrons. The molecule has 68 heavy (non-hydrogen) atoms. The summed E-state index contributed by atoms with van der Waals surface area (Å²) in [5.74, 6) is 1.90. The largest absolute Gasteiger partial charge is 0.309 e. The Morgan fingerprint density at radius 2 is 0.676 bits per heavy atom. The van der Waals surface area contributed by atoms with Crippen LogP contribution in [0.2, 0.25) is 0 Å². The van der Waals surface area contributed by atoms with E-state index in [0.29, 0.717) is 17.5 Å². The van der Waals surface area contributed by atoms with Crippen LogP contribution >= 0.6 is 0 Å². The fraction of sp³-hybridized carbons (Fsp3) is 0.0156. The van der Waals surface area contributed by atoms with E-state index in [9.17, 15) is 0 Å². The summed E-state index contributed by atoms with van der Waals surface area (Å²) in [7, 11) is 0. The normalized spacial score (nSPS) is 12.8. The second-order valence-electron chi connectivity index (χ2n) is 17.9. The molecule has 4 nitrogen and oxygen atoms in total. The molecule has 3 heterocycles. The first-order chi connectivity index (χ1) is 33.7. The molecule has 0 fully saturated rings. The van der Waals surface area contributed by atoms with Crippen LogP contribution in [0, 0.1) is 0 Å². The minimum absolute atomic E-state index is 0.476. The van der Waals surface area contributed by atoms with Gasteiger partial charge in [-0.05, 0) is 78.9 Å². The van der Waals surface area contributed by atoms with Gasteiger partial charge in [-0.2, -0.15) is 0 Å². The molecule has 1 aliphatic heterocycles. The predicted molar refractivity (Wildman–Crippen MR) is 278 cm³/mol. The van der Waals surface area contributed by atoms with Crippen LogP contribution in [0.15, 0.2) is 243 Å². The molecule has 12 aromatic rings. The third-order valence-corrected chi connectivity index (χ3v) is 14.3. The van der Waals surface area contributed by atoms with E-state index in [-0.39, 0.29) is 0 Å². The molecule has 2 aliphatic rings. The third-order valence-electron chi connectivity index (χ3n) is 14.3. The van der Waals surface area contributed by atoms with Gasteiger partial charge in [0.1, 0.15) is 0 Å². The van der Waals surface area contributed by atoms with Crippen LogP contribution in [0.3, 0.4) is 0 Å². The summed E-state index contributed by atoms with van der Waals surface area (Å²) in [6, 6.07) is 87.5. The van der Waals surface area contributed by atoms with E-state index in [4.69, 9.17) is 15.0 Å². The Morgan fingerprint density at radius 3 is 1.25 bits per heavy atom. The van der Waals surface area contributed by atoms with Crippen LogP contribution in [-0.4, -0.2) is 19.5 Å². The van der Waals surface area contributed by atoms with Gasteiger partial charge in [-0.1, -0.05) is 231 Å². The molecule has 0 unspecified atom stereocenters. The molecule has 1 spiro atoms. The topological polar surface area (TPSA) is 43.6 Å². The molecule has 316 valence electrons. The highest BCUT2D eigenvalue weighted by atomic mass is 15.0. The average Bonchev–Trinajstić information content (AvgIpc) is 3.92. The lowest BCUT2D eigenvalue weighted by Gasteiger charge is -2.39. The Hall–Kier alpha value is -8.99. The van der Waals surface area contributed by atoms with Gasteiger partial charge in [-0.3, -0.25) is 0 Å². The van der Waals surface area contributed by atoms with Gasteiger partial charge >= 0.3 is 0 Å². The summed E-state index contributed by atoms with van der Waals surface area (Å²) in [5, 5.41) is 2.54. The Bertz CT molecular complexity index is 3880. The van der Waals surface area contributed by atoms with Crippen molar-refractivity contribution in [2.45, 2.75) is 5.41 Å². The highest BCUT2D eigenvalue weighted by Crippen LogP contribution is 2.61. The van der Waals surface area contributed by atoms with Gasteiger partial charge in [-0.15, -0.1) is 0 Å². The average molecular weight is 865 g/mol. The fourth-order valence-corrected chi connectivity index (χ4v) is 11.2. The van der Waals surface area contributed by atoms with Crippen molar-refractivity contribution in [3.05, 3.63) is 265 Å². The van der Waals surface area contributed by atoms with Crippen molar-refractivity contribution >= 4 is 21.8 Å². The number of fused-ring (bicyclic) bond motifs is 12. The van der Waals surface area contributed by atoms with Crippen LogP contribution in [0.4, 0.5) is 0 Å². The van der Waals surface area contributed by atoms with Crippen LogP contribution in [0.1, 0.15) is 22.3 Å². The summed E-state index contributed by atoms with van der Waals surface area (Å²) in [6.45, 7) is 0.